The van der Waals surface area contributed by atoms with Gasteiger partial charge < -0.3 is 5.73 Å². The van der Waals surface area contributed by atoms with Crippen LogP contribution in [0, 0.1) is 6.92 Å². The number of benzene rings is 4. The Balaban J connectivity index is 0.000000154. The predicted molar refractivity (Wildman–Crippen MR) is 97.0 cm³/mol. The SMILES string of the molecule is Cc1ccccc1N.c1ccc2cc3ccccc3cc2c1. The molecule has 0 bridgehead atoms. The lowest BCUT2D eigenvalue weighted by Gasteiger charge is -2.00. The van der Waals surface area contributed by atoms with Gasteiger partial charge in [0.15, 0.2) is 0 Å². The van der Waals surface area contributed by atoms with E-state index >= 15 is 0 Å². The molecule has 0 aromatic heterocycles. The average molecular weight is 285 g/mol. The average Bonchev–Trinajstić information content (AvgIpc) is 2.56. The molecular formula is C21H19N. The summed E-state index contributed by atoms with van der Waals surface area (Å²) in [5, 5.41) is 5.25. The molecule has 108 valence electrons. The van der Waals surface area contributed by atoms with E-state index in [4.69, 9.17) is 5.73 Å². The Morgan fingerprint density at radius 1 is 0.545 bits per heavy atom. The van der Waals surface area contributed by atoms with Crippen molar-refractivity contribution in [3.8, 4) is 0 Å². The van der Waals surface area contributed by atoms with E-state index in [-0.39, 0.29) is 0 Å². The van der Waals surface area contributed by atoms with Crippen LogP contribution in [0.15, 0.2) is 84.9 Å². The summed E-state index contributed by atoms with van der Waals surface area (Å²) in [5.41, 5.74) is 7.53. The highest BCUT2D eigenvalue weighted by Gasteiger charge is 1.95. The van der Waals surface area contributed by atoms with E-state index in [0.29, 0.717) is 0 Å². The summed E-state index contributed by atoms with van der Waals surface area (Å²) in [6.07, 6.45) is 0. The Morgan fingerprint density at radius 2 is 0.909 bits per heavy atom. The van der Waals surface area contributed by atoms with Crippen molar-refractivity contribution in [1.29, 1.82) is 0 Å². The molecule has 0 aliphatic rings. The number of nitrogen functional groups attached to an aromatic ring is 1. The molecule has 0 atom stereocenters. The highest BCUT2D eigenvalue weighted by molar-refractivity contribution is 5.98. The van der Waals surface area contributed by atoms with Crippen molar-refractivity contribution >= 4 is 27.2 Å². The maximum Gasteiger partial charge on any atom is 0.0343 e. The summed E-state index contributed by atoms with van der Waals surface area (Å²) in [5.74, 6) is 0. The molecule has 4 rings (SSSR count). The van der Waals surface area contributed by atoms with Gasteiger partial charge in [0.1, 0.15) is 0 Å². The van der Waals surface area contributed by atoms with E-state index in [9.17, 15) is 0 Å². The number of anilines is 1. The van der Waals surface area contributed by atoms with Gasteiger partial charge in [0.05, 0.1) is 0 Å². The van der Waals surface area contributed by atoms with Crippen LogP contribution in [0.3, 0.4) is 0 Å². The molecule has 0 radical (unpaired) electrons. The van der Waals surface area contributed by atoms with Gasteiger partial charge in [-0.2, -0.15) is 0 Å². The van der Waals surface area contributed by atoms with Crippen LogP contribution < -0.4 is 5.73 Å². The largest absolute Gasteiger partial charge is 0.399 e. The van der Waals surface area contributed by atoms with Gasteiger partial charge in [-0.1, -0.05) is 66.7 Å². The highest BCUT2D eigenvalue weighted by Crippen LogP contribution is 2.22. The van der Waals surface area contributed by atoms with Crippen molar-refractivity contribution in [2.75, 3.05) is 5.73 Å². The first-order valence-electron chi connectivity index (χ1n) is 7.43. The van der Waals surface area contributed by atoms with E-state index in [1.165, 1.54) is 21.5 Å². The van der Waals surface area contributed by atoms with Crippen LogP contribution in [0.1, 0.15) is 5.56 Å². The predicted octanol–water partition coefficient (Wildman–Crippen LogP) is 5.57. The second-order valence-corrected chi connectivity index (χ2v) is 5.40. The minimum absolute atomic E-state index is 0.868. The molecule has 4 aromatic rings. The van der Waals surface area contributed by atoms with Gasteiger partial charge >= 0.3 is 0 Å². The lowest BCUT2D eigenvalue weighted by Crippen LogP contribution is -1.85. The van der Waals surface area contributed by atoms with Crippen LogP contribution in [-0.4, -0.2) is 0 Å². The van der Waals surface area contributed by atoms with Crippen LogP contribution >= 0.6 is 0 Å². The molecule has 0 aliphatic carbocycles. The number of hydrogen-bond acceptors (Lipinski definition) is 1. The third kappa shape index (κ3) is 3.09. The van der Waals surface area contributed by atoms with Crippen LogP contribution in [0.25, 0.3) is 21.5 Å². The van der Waals surface area contributed by atoms with Crippen LogP contribution in [0.5, 0.6) is 0 Å². The second kappa shape index (κ2) is 6.31. The van der Waals surface area contributed by atoms with Crippen molar-refractivity contribution in [2.24, 2.45) is 0 Å². The minimum atomic E-state index is 0.868. The van der Waals surface area contributed by atoms with E-state index < -0.39 is 0 Å². The zero-order chi connectivity index (χ0) is 15.4. The van der Waals surface area contributed by atoms with E-state index in [1.807, 2.05) is 31.2 Å². The molecule has 1 nitrogen and oxygen atoms in total. The van der Waals surface area contributed by atoms with E-state index in [0.717, 1.165) is 11.3 Å². The zero-order valence-electron chi connectivity index (χ0n) is 12.7. The minimum Gasteiger partial charge on any atom is -0.399 e. The Hall–Kier alpha value is -2.80. The third-order valence-corrected chi connectivity index (χ3v) is 3.80. The van der Waals surface area contributed by atoms with Gasteiger partial charge in [-0.15, -0.1) is 0 Å². The molecule has 4 aromatic carbocycles. The fourth-order valence-electron chi connectivity index (χ4n) is 2.47. The topological polar surface area (TPSA) is 26.0 Å². The molecule has 0 spiro atoms. The fourth-order valence-corrected chi connectivity index (χ4v) is 2.47. The molecule has 2 N–H and O–H groups in total. The Labute approximate surface area is 131 Å². The van der Waals surface area contributed by atoms with Crippen molar-refractivity contribution in [2.45, 2.75) is 6.92 Å². The van der Waals surface area contributed by atoms with Crippen molar-refractivity contribution < 1.29 is 0 Å². The van der Waals surface area contributed by atoms with Gasteiger partial charge in [-0.3, -0.25) is 0 Å². The van der Waals surface area contributed by atoms with Crippen molar-refractivity contribution in [1.82, 2.24) is 0 Å². The van der Waals surface area contributed by atoms with Crippen LogP contribution in [0.2, 0.25) is 0 Å². The molecule has 0 fully saturated rings. The highest BCUT2D eigenvalue weighted by atomic mass is 14.5. The first-order chi connectivity index (χ1) is 10.7. The summed E-state index contributed by atoms with van der Waals surface area (Å²) >= 11 is 0. The first kappa shape index (κ1) is 14.2. The Morgan fingerprint density at radius 3 is 1.23 bits per heavy atom. The van der Waals surface area contributed by atoms with Gasteiger partial charge in [0.2, 0.25) is 0 Å². The van der Waals surface area contributed by atoms with Gasteiger partial charge in [0, 0.05) is 5.69 Å². The summed E-state index contributed by atoms with van der Waals surface area (Å²) in [6.45, 7) is 2.00. The monoisotopic (exact) mass is 285 g/mol. The lowest BCUT2D eigenvalue weighted by atomic mass is 10.0. The molecule has 0 saturated carbocycles. The maximum atomic E-state index is 5.52. The summed E-state index contributed by atoms with van der Waals surface area (Å²) in [6, 6.07) is 29.2. The number of rotatable bonds is 0. The van der Waals surface area contributed by atoms with E-state index in [2.05, 4.69) is 60.7 Å². The maximum absolute atomic E-state index is 5.52. The van der Waals surface area contributed by atoms with Crippen molar-refractivity contribution in [3.05, 3.63) is 90.5 Å². The molecule has 0 heterocycles. The summed E-state index contributed by atoms with van der Waals surface area (Å²) in [4.78, 5) is 0. The molecular weight excluding hydrogens is 266 g/mol. The number of para-hydroxylation sites is 1. The van der Waals surface area contributed by atoms with Gasteiger partial charge in [-0.05, 0) is 52.2 Å². The molecule has 22 heavy (non-hydrogen) atoms. The van der Waals surface area contributed by atoms with Crippen LogP contribution in [0.4, 0.5) is 5.69 Å². The van der Waals surface area contributed by atoms with Gasteiger partial charge in [0.25, 0.3) is 0 Å². The van der Waals surface area contributed by atoms with Gasteiger partial charge in [-0.25, -0.2) is 0 Å². The Bertz CT molecular complexity index is 783. The molecule has 0 aliphatic heterocycles. The first-order valence-corrected chi connectivity index (χ1v) is 7.43. The number of aryl methyl sites for hydroxylation is 1. The lowest BCUT2D eigenvalue weighted by molar-refractivity contribution is 1.47. The number of fused-ring (bicyclic) bond motifs is 2. The summed E-state index contributed by atoms with van der Waals surface area (Å²) < 4.78 is 0. The van der Waals surface area contributed by atoms with Crippen molar-refractivity contribution in [3.63, 3.8) is 0 Å². The molecule has 0 unspecified atom stereocenters. The summed E-state index contributed by atoms with van der Waals surface area (Å²) in [7, 11) is 0. The number of nitrogens with two attached hydrogens (primary N) is 1. The Kier molecular flexibility index (Phi) is 4.06. The smallest absolute Gasteiger partial charge is 0.0343 e. The molecule has 1 heteroatoms. The van der Waals surface area contributed by atoms with E-state index in [1.54, 1.807) is 0 Å². The quantitative estimate of drug-likeness (QED) is 0.332. The third-order valence-electron chi connectivity index (χ3n) is 3.80. The fraction of sp³-hybridized carbons (Fsp3) is 0.0476. The van der Waals surface area contributed by atoms with Crippen LogP contribution in [-0.2, 0) is 0 Å². The zero-order valence-corrected chi connectivity index (χ0v) is 12.7. The second-order valence-electron chi connectivity index (χ2n) is 5.40. The molecule has 0 saturated heterocycles. The normalized spacial score (nSPS) is 10.2. The molecule has 0 amide bonds. The number of hydrogen-bond donors (Lipinski definition) is 1. The standard InChI is InChI=1S/C14H10.C7H9N/c1-2-6-12-10-14-8-4-3-7-13(14)9-11(12)5-1;1-6-4-2-3-5-7(6)8/h1-10H;2-5H,8H2,1H3.